The molecule has 2 nitrogen and oxygen atoms in total. The normalized spacial score (nSPS) is 17.2. The summed E-state index contributed by atoms with van der Waals surface area (Å²) < 4.78 is 0. The first-order valence-corrected chi connectivity index (χ1v) is 4.75. The maximum Gasteiger partial charge on any atom is 0.246 e. The third-order valence-corrected chi connectivity index (χ3v) is 2.47. The van der Waals surface area contributed by atoms with E-state index in [-0.39, 0.29) is 5.91 Å². The molecule has 0 N–H and O–H groups in total. The summed E-state index contributed by atoms with van der Waals surface area (Å²) in [6, 6.07) is 0. The van der Waals surface area contributed by atoms with E-state index < -0.39 is 0 Å². The third-order valence-electron chi connectivity index (χ3n) is 2.47. The van der Waals surface area contributed by atoms with Crippen LogP contribution in [0.2, 0.25) is 0 Å². The van der Waals surface area contributed by atoms with E-state index in [1.807, 2.05) is 4.90 Å². The highest BCUT2D eigenvalue weighted by Gasteiger charge is 2.15. The molecular formula is C11H17NO. The number of nitrogens with zero attached hydrogens (tertiary/aromatic N) is 1. The van der Waals surface area contributed by atoms with Crippen molar-refractivity contribution in [2.45, 2.75) is 20.3 Å². The third kappa shape index (κ3) is 2.44. The van der Waals surface area contributed by atoms with Crippen LogP contribution in [0.15, 0.2) is 24.3 Å². The van der Waals surface area contributed by atoms with Crippen LogP contribution >= 0.6 is 0 Å². The Kier molecular flexibility index (Phi) is 3.29. The lowest BCUT2D eigenvalue weighted by atomic mass is 9.97. The van der Waals surface area contributed by atoms with E-state index in [0.717, 1.165) is 19.5 Å². The average molecular weight is 179 g/mol. The SMILES string of the molecule is C=CC(=O)N1CC=C(C(C)C)CC1. The minimum Gasteiger partial charge on any atom is -0.335 e. The van der Waals surface area contributed by atoms with Gasteiger partial charge >= 0.3 is 0 Å². The average Bonchev–Trinajstić information content (AvgIpc) is 2.17. The maximum atomic E-state index is 11.2. The minimum absolute atomic E-state index is 0.0408. The molecule has 0 saturated carbocycles. The second kappa shape index (κ2) is 4.26. The molecule has 1 aliphatic heterocycles. The largest absolute Gasteiger partial charge is 0.335 e. The zero-order chi connectivity index (χ0) is 9.84. The van der Waals surface area contributed by atoms with Gasteiger partial charge in [0.1, 0.15) is 0 Å². The van der Waals surface area contributed by atoms with Gasteiger partial charge < -0.3 is 4.90 Å². The molecule has 0 aromatic rings. The zero-order valence-corrected chi connectivity index (χ0v) is 8.42. The van der Waals surface area contributed by atoms with Crippen LogP contribution in [0.4, 0.5) is 0 Å². The van der Waals surface area contributed by atoms with Gasteiger partial charge in [-0.05, 0) is 18.4 Å². The highest BCUT2D eigenvalue weighted by molar-refractivity contribution is 5.87. The number of hydrogen-bond donors (Lipinski definition) is 0. The Morgan fingerprint density at radius 3 is 2.77 bits per heavy atom. The molecule has 2 heteroatoms. The van der Waals surface area contributed by atoms with Crippen LogP contribution in [0.1, 0.15) is 20.3 Å². The quantitative estimate of drug-likeness (QED) is 0.469. The van der Waals surface area contributed by atoms with E-state index in [0.29, 0.717) is 5.92 Å². The standard InChI is InChI=1S/C11H17NO/c1-4-11(13)12-7-5-10(6-8-12)9(2)3/h4-5,9H,1,6-8H2,2-3H3. The predicted octanol–water partition coefficient (Wildman–Crippen LogP) is 1.99. The summed E-state index contributed by atoms with van der Waals surface area (Å²) in [7, 11) is 0. The van der Waals surface area contributed by atoms with E-state index in [9.17, 15) is 4.79 Å². The lowest BCUT2D eigenvalue weighted by Gasteiger charge is -2.26. The molecule has 13 heavy (non-hydrogen) atoms. The van der Waals surface area contributed by atoms with Crippen LogP contribution in [0.3, 0.4) is 0 Å². The van der Waals surface area contributed by atoms with E-state index in [1.54, 1.807) is 0 Å². The van der Waals surface area contributed by atoms with Gasteiger partial charge in [0.25, 0.3) is 0 Å². The number of rotatable bonds is 2. The summed E-state index contributed by atoms with van der Waals surface area (Å²) in [6.45, 7) is 9.45. The molecule has 0 aromatic heterocycles. The summed E-state index contributed by atoms with van der Waals surface area (Å²) in [6.07, 6.45) is 4.56. The molecule has 0 radical (unpaired) electrons. The number of hydrogen-bond acceptors (Lipinski definition) is 1. The van der Waals surface area contributed by atoms with E-state index in [1.165, 1.54) is 11.6 Å². The Hall–Kier alpha value is -1.05. The van der Waals surface area contributed by atoms with Crippen molar-refractivity contribution in [3.63, 3.8) is 0 Å². The first-order valence-electron chi connectivity index (χ1n) is 4.75. The van der Waals surface area contributed by atoms with Crippen molar-refractivity contribution in [1.29, 1.82) is 0 Å². The molecule has 0 spiro atoms. The van der Waals surface area contributed by atoms with Crippen molar-refractivity contribution < 1.29 is 4.79 Å². The Morgan fingerprint density at radius 1 is 1.69 bits per heavy atom. The maximum absolute atomic E-state index is 11.2. The molecule has 1 heterocycles. The summed E-state index contributed by atoms with van der Waals surface area (Å²) in [4.78, 5) is 13.0. The van der Waals surface area contributed by atoms with Crippen molar-refractivity contribution in [2.24, 2.45) is 5.92 Å². The Bertz CT molecular complexity index is 240. The van der Waals surface area contributed by atoms with Gasteiger partial charge in [-0.1, -0.05) is 32.1 Å². The molecule has 0 aromatic carbocycles. The number of carbonyl (C=O) groups excluding carboxylic acids is 1. The molecular weight excluding hydrogens is 162 g/mol. The number of carbonyl (C=O) groups is 1. The second-order valence-electron chi connectivity index (χ2n) is 3.67. The van der Waals surface area contributed by atoms with Crippen LogP contribution in [0.25, 0.3) is 0 Å². The van der Waals surface area contributed by atoms with E-state index >= 15 is 0 Å². The predicted molar refractivity (Wildman–Crippen MR) is 54.3 cm³/mol. The van der Waals surface area contributed by atoms with Gasteiger partial charge in [0.2, 0.25) is 5.91 Å². The highest BCUT2D eigenvalue weighted by atomic mass is 16.2. The van der Waals surface area contributed by atoms with Crippen LogP contribution in [-0.4, -0.2) is 23.9 Å². The van der Waals surface area contributed by atoms with Crippen LogP contribution in [-0.2, 0) is 4.79 Å². The van der Waals surface area contributed by atoms with Gasteiger partial charge in [-0.3, -0.25) is 4.79 Å². The fourth-order valence-electron chi connectivity index (χ4n) is 1.54. The summed E-state index contributed by atoms with van der Waals surface area (Å²) >= 11 is 0. The smallest absolute Gasteiger partial charge is 0.246 e. The van der Waals surface area contributed by atoms with Gasteiger partial charge in [-0.25, -0.2) is 0 Å². The highest BCUT2D eigenvalue weighted by Crippen LogP contribution is 2.18. The van der Waals surface area contributed by atoms with Gasteiger partial charge in [0, 0.05) is 13.1 Å². The Morgan fingerprint density at radius 2 is 2.38 bits per heavy atom. The molecule has 0 fully saturated rings. The second-order valence-corrected chi connectivity index (χ2v) is 3.67. The summed E-state index contributed by atoms with van der Waals surface area (Å²) in [5.41, 5.74) is 1.47. The first kappa shape index (κ1) is 10.0. The van der Waals surface area contributed by atoms with E-state index in [4.69, 9.17) is 0 Å². The van der Waals surface area contributed by atoms with Gasteiger partial charge in [0.05, 0.1) is 0 Å². The fourth-order valence-corrected chi connectivity index (χ4v) is 1.54. The molecule has 0 aliphatic carbocycles. The minimum atomic E-state index is 0.0408. The zero-order valence-electron chi connectivity index (χ0n) is 8.42. The Labute approximate surface area is 79.9 Å². The molecule has 1 amide bonds. The molecule has 1 rings (SSSR count). The van der Waals surface area contributed by atoms with Crippen LogP contribution in [0.5, 0.6) is 0 Å². The van der Waals surface area contributed by atoms with Gasteiger partial charge in [0.15, 0.2) is 0 Å². The summed E-state index contributed by atoms with van der Waals surface area (Å²) in [5, 5.41) is 0. The first-order chi connectivity index (χ1) is 6.15. The molecule has 0 atom stereocenters. The van der Waals surface area contributed by atoms with Gasteiger partial charge in [-0.2, -0.15) is 0 Å². The van der Waals surface area contributed by atoms with E-state index in [2.05, 4.69) is 26.5 Å². The molecule has 0 saturated heterocycles. The van der Waals surface area contributed by atoms with Crippen molar-refractivity contribution >= 4 is 5.91 Å². The Balaban J connectivity index is 2.55. The monoisotopic (exact) mass is 179 g/mol. The van der Waals surface area contributed by atoms with Gasteiger partial charge in [-0.15, -0.1) is 0 Å². The topological polar surface area (TPSA) is 20.3 Å². The van der Waals surface area contributed by atoms with Crippen molar-refractivity contribution in [1.82, 2.24) is 4.90 Å². The molecule has 72 valence electrons. The molecule has 1 aliphatic rings. The summed E-state index contributed by atoms with van der Waals surface area (Å²) in [5.74, 6) is 0.653. The van der Waals surface area contributed by atoms with Crippen LogP contribution < -0.4 is 0 Å². The number of amides is 1. The fraction of sp³-hybridized carbons (Fsp3) is 0.545. The van der Waals surface area contributed by atoms with Crippen molar-refractivity contribution in [3.05, 3.63) is 24.3 Å². The molecule has 0 unspecified atom stereocenters. The van der Waals surface area contributed by atoms with Crippen molar-refractivity contribution in [2.75, 3.05) is 13.1 Å². The van der Waals surface area contributed by atoms with Crippen LogP contribution in [0, 0.1) is 5.92 Å². The lowest BCUT2D eigenvalue weighted by Crippen LogP contribution is -2.34. The van der Waals surface area contributed by atoms with Crippen molar-refractivity contribution in [3.8, 4) is 0 Å². The molecule has 0 bridgehead atoms. The lowest BCUT2D eigenvalue weighted by molar-refractivity contribution is -0.125.